The van der Waals surface area contributed by atoms with Gasteiger partial charge in [0.05, 0.1) is 6.26 Å². The molecule has 26 heavy (non-hydrogen) atoms. The van der Waals surface area contributed by atoms with Gasteiger partial charge >= 0.3 is 0 Å². The summed E-state index contributed by atoms with van der Waals surface area (Å²) in [4.78, 5) is 17.3. The molecule has 0 spiro atoms. The van der Waals surface area contributed by atoms with Crippen LogP contribution in [0.4, 0.5) is 5.95 Å². The highest BCUT2D eigenvalue weighted by atomic mass is 16.3. The van der Waals surface area contributed by atoms with E-state index < -0.39 is 6.04 Å². The molecule has 7 nitrogen and oxygen atoms in total. The summed E-state index contributed by atoms with van der Waals surface area (Å²) in [7, 11) is 0. The Balaban J connectivity index is 1.63. The van der Waals surface area contributed by atoms with E-state index in [1.54, 1.807) is 29.1 Å². The molecule has 2 aromatic heterocycles. The van der Waals surface area contributed by atoms with Crippen molar-refractivity contribution in [1.29, 1.82) is 0 Å². The summed E-state index contributed by atoms with van der Waals surface area (Å²) < 4.78 is 7.21. The molecule has 0 radical (unpaired) electrons. The molecule has 0 saturated carbocycles. The predicted octanol–water partition coefficient (Wildman–Crippen LogP) is 2.99. The van der Waals surface area contributed by atoms with Crippen LogP contribution in [0.1, 0.15) is 36.1 Å². The van der Waals surface area contributed by atoms with Gasteiger partial charge in [0.2, 0.25) is 5.95 Å². The summed E-state index contributed by atoms with van der Waals surface area (Å²) in [6.45, 7) is 0. The van der Waals surface area contributed by atoms with E-state index in [1.807, 2.05) is 18.2 Å². The van der Waals surface area contributed by atoms with Crippen molar-refractivity contribution < 1.29 is 14.3 Å². The van der Waals surface area contributed by atoms with E-state index in [-0.39, 0.29) is 17.5 Å². The smallest absolute Gasteiger partial charge is 0.226 e. The van der Waals surface area contributed by atoms with Crippen LogP contribution in [0.3, 0.4) is 0 Å². The molecule has 130 valence electrons. The van der Waals surface area contributed by atoms with E-state index in [2.05, 4.69) is 15.4 Å². The zero-order valence-electron chi connectivity index (χ0n) is 13.8. The van der Waals surface area contributed by atoms with Crippen LogP contribution < -0.4 is 5.32 Å². The average molecular weight is 348 g/mol. The molecule has 1 aromatic carbocycles. The van der Waals surface area contributed by atoms with Gasteiger partial charge in [-0.15, -0.1) is 0 Å². The lowest BCUT2D eigenvalue weighted by atomic mass is 9.79. The minimum Gasteiger partial charge on any atom is -0.508 e. The van der Waals surface area contributed by atoms with E-state index in [1.165, 1.54) is 6.33 Å². The maximum absolute atomic E-state index is 13.1. The van der Waals surface area contributed by atoms with Crippen molar-refractivity contribution in [1.82, 2.24) is 14.8 Å². The predicted molar refractivity (Wildman–Crippen MR) is 92.6 cm³/mol. The van der Waals surface area contributed by atoms with Crippen molar-refractivity contribution in [2.24, 2.45) is 0 Å². The van der Waals surface area contributed by atoms with Crippen LogP contribution in [-0.4, -0.2) is 25.7 Å². The topological polar surface area (TPSA) is 93.2 Å². The number of carbonyl (C=O) groups is 1. The minimum atomic E-state index is -0.402. The Kier molecular flexibility index (Phi) is 3.21. The van der Waals surface area contributed by atoms with Gasteiger partial charge in [0, 0.05) is 23.6 Å². The molecule has 3 heterocycles. The number of hydrogen-bond acceptors (Lipinski definition) is 6. The fourth-order valence-electron chi connectivity index (χ4n) is 3.88. The quantitative estimate of drug-likeness (QED) is 0.739. The summed E-state index contributed by atoms with van der Waals surface area (Å²) >= 11 is 0. The highest BCUT2D eigenvalue weighted by Crippen LogP contribution is 2.44. The van der Waals surface area contributed by atoms with Crippen LogP contribution in [-0.2, 0) is 4.79 Å². The van der Waals surface area contributed by atoms with Gasteiger partial charge in [-0.25, -0.2) is 4.68 Å². The first-order valence-electron chi connectivity index (χ1n) is 8.46. The molecule has 0 unspecified atom stereocenters. The molecule has 7 heteroatoms. The van der Waals surface area contributed by atoms with Gasteiger partial charge in [-0.2, -0.15) is 10.1 Å². The second-order valence-corrected chi connectivity index (χ2v) is 6.59. The Morgan fingerprint density at radius 2 is 2.15 bits per heavy atom. The standard InChI is InChI=1S/C19H16N4O3/c24-13-4-1-3-11(7-13)18-17-14(22-19-20-10-21-23(18)19)8-12(9-15(17)25)16-5-2-6-26-16/h1-7,10,12,18,24H,8-9H2,(H,20,21,22)/t12-,18-/m1/s1. The number of phenols is 1. The largest absolute Gasteiger partial charge is 0.508 e. The van der Waals surface area contributed by atoms with Crippen molar-refractivity contribution in [2.45, 2.75) is 24.8 Å². The SMILES string of the molecule is O=C1C[C@H](c2ccco2)CC2=C1[C@@H](c1cccc(O)c1)n1ncnc1N2. The number of rotatable bonds is 2. The van der Waals surface area contributed by atoms with Gasteiger partial charge in [-0.05, 0) is 36.2 Å². The average Bonchev–Trinajstić information content (AvgIpc) is 3.31. The zero-order chi connectivity index (χ0) is 17.7. The Morgan fingerprint density at radius 1 is 1.23 bits per heavy atom. The van der Waals surface area contributed by atoms with Gasteiger partial charge in [0.15, 0.2) is 5.78 Å². The van der Waals surface area contributed by atoms with Gasteiger partial charge < -0.3 is 14.8 Å². The maximum Gasteiger partial charge on any atom is 0.226 e. The van der Waals surface area contributed by atoms with Crippen molar-refractivity contribution in [3.05, 3.63) is 71.6 Å². The number of benzene rings is 1. The normalized spacial score (nSPS) is 21.9. The van der Waals surface area contributed by atoms with Crippen molar-refractivity contribution in [2.75, 3.05) is 5.32 Å². The molecule has 0 amide bonds. The Hall–Kier alpha value is -3.35. The van der Waals surface area contributed by atoms with E-state index in [0.717, 1.165) is 17.0 Å². The molecule has 1 aliphatic heterocycles. The fourth-order valence-corrected chi connectivity index (χ4v) is 3.88. The first kappa shape index (κ1) is 14.9. The van der Waals surface area contributed by atoms with Gasteiger partial charge in [-0.3, -0.25) is 4.79 Å². The van der Waals surface area contributed by atoms with Gasteiger partial charge in [0.1, 0.15) is 23.9 Å². The number of anilines is 1. The molecule has 1 aliphatic carbocycles. The van der Waals surface area contributed by atoms with Crippen LogP contribution in [0.5, 0.6) is 5.75 Å². The number of nitrogens with one attached hydrogen (secondary N) is 1. The van der Waals surface area contributed by atoms with Gasteiger partial charge in [0.25, 0.3) is 0 Å². The van der Waals surface area contributed by atoms with Crippen LogP contribution in [0, 0.1) is 0 Å². The highest BCUT2D eigenvalue weighted by Gasteiger charge is 2.39. The Labute approximate surface area is 149 Å². The summed E-state index contributed by atoms with van der Waals surface area (Å²) in [5.74, 6) is 1.61. The number of aromatic nitrogens is 3. The third-order valence-corrected chi connectivity index (χ3v) is 4.99. The molecule has 3 aromatic rings. The number of aromatic hydroxyl groups is 1. The van der Waals surface area contributed by atoms with Crippen LogP contribution in [0.2, 0.25) is 0 Å². The lowest BCUT2D eigenvalue weighted by Gasteiger charge is -2.34. The molecule has 0 bridgehead atoms. The highest BCUT2D eigenvalue weighted by molar-refractivity contribution is 6.00. The van der Waals surface area contributed by atoms with Gasteiger partial charge in [-0.1, -0.05) is 12.1 Å². The maximum atomic E-state index is 13.1. The lowest BCUT2D eigenvalue weighted by molar-refractivity contribution is -0.117. The number of furan rings is 1. The number of nitrogens with zero attached hydrogens (tertiary/aromatic N) is 3. The number of hydrogen-bond donors (Lipinski definition) is 2. The number of allylic oxidation sites excluding steroid dienone is 2. The Morgan fingerprint density at radius 3 is 2.96 bits per heavy atom. The van der Waals surface area contributed by atoms with E-state index >= 15 is 0 Å². The first-order valence-corrected chi connectivity index (χ1v) is 8.46. The zero-order valence-corrected chi connectivity index (χ0v) is 13.8. The van der Waals surface area contributed by atoms with Crippen molar-refractivity contribution >= 4 is 11.7 Å². The number of carbonyl (C=O) groups excluding carboxylic acids is 1. The first-order chi connectivity index (χ1) is 12.7. The Bertz CT molecular complexity index is 1020. The van der Waals surface area contributed by atoms with E-state index in [9.17, 15) is 9.90 Å². The van der Waals surface area contributed by atoms with E-state index in [4.69, 9.17) is 4.42 Å². The molecule has 2 atom stereocenters. The molecule has 0 saturated heterocycles. The monoisotopic (exact) mass is 348 g/mol. The lowest BCUT2D eigenvalue weighted by Crippen LogP contribution is -2.33. The van der Waals surface area contributed by atoms with E-state index in [0.29, 0.717) is 24.4 Å². The second kappa shape index (κ2) is 5.59. The summed E-state index contributed by atoms with van der Waals surface area (Å²) in [5, 5.41) is 17.5. The third kappa shape index (κ3) is 2.24. The number of Topliss-reactive ketones (excluding diaryl/α,β-unsaturated/α-hetero) is 1. The summed E-state index contributed by atoms with van der Waals surface area (Å²) in [6.07, 6.45) is 4.14. The fraction of sp³-hybridized carbons (Fsp3) is 0.211. The van der Waals surface area contributed by atoms with Crippen LogP contribution >= 0.6 is 0 Å². The number of ketones is 1. The minimum absolute atomic E-state index is 0.00282. The van der Waals surface area contributed by atoms with Crippen molar-refractivity contribution in [3.8, 4) is 5.75 Å². The molecule has 2 N–H and O–H groups in total. The van der Waals surface area contributed by atoms with Crippen molar-refractivity contribution in [3.63, 3.8) is 0 Å². The summed E-state index contributed by atoms with van der Waals surface area (Å²) in [6, 6.07) is 10.3. The molecule has 5 rings (SSSR count). The molecule has 0 fully saturated rings. The number of phenolic OH excluding ortho intramolecular Hbond substituents is 1. The number of fused-ring (bicyclic) bond motifs is 1. The van der Waals surface area contributed by atoms with Crippen LogP contribution in [0.15, 0.2) is 64.7 Å². The third-order valence-electron chi connectivity index (χ3n) is 4.99. The molecule has 2 aliphatic rings. The second-order valence-electron chi connectivity index (χ2n) is 6.59. The molecular weight excluding hydrogens is 332 g/mol. The van der Waals surface area contributed by atoms with Crippen LogP contribution in [0.25, 0.3) is 0 Å². The summed E-state index contributed by atoms with van der Waals surface area (Å²) in [5.41, 5.74) is 2.32. The molecular formula is C19H16N4O3.